The first-order valence-corrected chi connectivity index (χ1v) is 5.60. The molecule has 1 N–H and O–H groups in total. The van der Waals surface area contributed by atoms with Crippen LogP contribution < -0.4 is 5.32 Å². The summed E-state index contributed by atoms with van der Waals surface area (Å²) in [6.45, 7) is 1.02. The molecule has 1 aliphatic heterocycles. The molecule has 1 atom stereocenters. The van der Waals surface area contributed by atoms with Gasteiger partial charge in [0.2, 0.25) is 0 Å². The van der Waals surface area contributed by atoms with E-state index in [2.05, 4.69) is 5.32 Å². The molecule has 1 aromatic rings. The molecule has 100 valence electrons. The number of piperazine rings is 1. The molecule has 0 aromatic heterocycles. The van der Waals surface area contributed by atoms with E-state index in [-0.39, 0.29) is 18.7 Å². The van der Waals surface area contributed by atoms with Gasteiger partial charge in [-0.1, -0.05) is 0 Å². The lowest BCUT2D eigenvalue weighted by Gasteiger charge is -2.32. The van der Waals surface area contributed by atoms with Crippen LogP contribution in [0.3, 0.4) is 0 Å². The summed E-state index contributed by atoms with van der Waals surface area (Å²) in [5, 5.41) is 11.8. The minimum atomic E-state index is -1.62. The molecule has 4 nitrogen and oxygen atoms in total. The highest BCUT2D eigenvalue weighted by Crippen LogP contribution is 2.16. The van der Waals surface area contributed by atoms with Crippen molar-refractivity contribution in [2.24, 2.45) is 0 Å². The van der Waals surface area contributed by atoms with Gasteiger partial charge >= 0.3 is 0 Å². The second-order valence-electron chi connectivity index (χ2n) is 4.10. The molecular formula is C12H10F3N3O. The fourth-order valence-electron chi connectivity index (χ4n) is 1.91. The summed E-state index contributed by atoms with van der Waals surface area (Å²) in [6, 6.07) is 2.49. The summed E-state index contributed by atoms with van der Waals surface area (Å²) in [4.78, 5) is 13.3. The third-order valence-electron chi connectivity index (χ3n) is 2.88. The summed E-state index contributed by atoms with van der Waals surface area (Å²) in [5.41, 5.74) is -0.307. The molecule has 2 rings (SSSR count). The van der Waals surface area contributed by atoms with E-state index < -0.39 is 29.4 Å². The van der Waals surface area contributed by atoms with Gasteiger partial charge in [-0.05, 0) is 12.1 Å². The van der Waals surface area contributed by atoms with Crippen LogP contribution in [0.15, 0.2) is 12.1 Å². The van der Waals surface area contributed by atoms with Gasteiger partial charge in [-0.15, -0.1) is 0 Å². The lowest BCUT2D eigenvalue weighted by Crippen LogP contribution is -2.53. The van der Waals surface area contributed by atoms with Crippen molar-refractivity contribution < 1.29 is 18.0 Å². The van der Waals surface area contributed by atoms with E-state index in [4.69, 9.17) is 5.26 Å². The molecule has 1 aromatic carbocycles. The molecule has 7 heteroatoms. The highest BCUT2D eigenvalue weighted by atomic mass is 19.2. The maximum Gasteiger partial charge on any atom is 0.255 e. The van der Waals surface area contributed by atoms with Crippen LogP contribution >= 0.6 is 0 Å². The second-order valence-corrected chi connectivity index (χ2v) is 4.10. The maximum absolute atomic E-state index is 13.1. The van der Waals surface area contributed by atoms with E-state index >= 15 is 0 Å². The van der Waals surface area contributed by atoms with Crippen LogP contribution in [0.1, 0.15) is 10.4 Å². The molecule has 0 radical (unpaired) electrons. The van der Waals surface area contributed by atoms with Crippen LogP contribution in [-0.2, 0) is 0 Å². The number of amides is 1. The van der Waals surface area contributed by atoms with Gasteiger partial charge in [-0.2, -0.15) is 5.26 Å². The minimum absolute atomic E-state index is 0.248. The number of rotatable bonds is 1. The van der Waals surface area contributed by atoms with Crippen LogP contribution in [0.5, 0.6) is 0 Å². The number of nitriles is 1. The van der Waals surface area contributed by atoms with Crippen LogP contribution in [0, 0.1) is 28.8 Å². The number of carbonyl (C=O) groups excluding carboxylic acids is 1. The van der Waals surface area contributed by atoms with Crippen molar-refractivity contribution in [3.8, 4) is 6.07 Å². The molecule has 1 saturated heterocycles. The van der Waals surface area contributed by atoms with Crippen LogP contribution in [-0.4, -0.2) is 36.5 Å². The highest BCUT2D eigenvalue weighted by molar-refractivity contribution is 5.94. The lowest BCUT2D eigenvalue weighted by atomic mass is 10.1. The number of benzene rings is 1. The normalized spacial score (nSPS) is 19.1. The SMILES string of the molecule is N#CC1CNCCN1C(=O)c1cc(F)c(F)c(F)c1. The molecule has 19 heavy (non-hydrogen) atoms. The van der Waals surface area contributed by atoms with E-state index in [0.717, 1.165) is 0 Å². The second kappa shape index (κ2) is 5.28. The van der Waals surface area contributed by atoms with Gasteiger partial charge in [0.05, 0.1) is 6.07 Å². The molecule has 0 bridgehead atoms. The predicted molar refractivity (Wildman–Crippen MR) is 59.6 cm³/mol. The molecule has 1 aliphatic rings. The molecule has 1 heterocycles. The average molecular weight is 269 g/mol. The quantitative estimate of drug-likeness (QED) is 0.775. The summed E-state index contributed by atoms with van der Waals surface area (Å²) in [6.07, 6.45) is 0. The third kappa shape index (κ3) is 2.53. The molecule has 0 spiro atoms. The number of hydrogen-bond acceptors (Lipinski definition) is 3. The number of halogens is 3. The van der Waals surface area contributed by atoms with Crippen molar-refractivity contribution in [2.45, 2.75) is 6.04 Å². The summed E-state index contributed by atoms with van der Waals surface area (Å²) in [7, 11) is 0. The molecule has 0 aliphatic carbocycles. The third-order valence-corrected chi connectivity index (χ3v) is 2.88. The minimum Gasteiger partial charge on any atom is -0.320 e. The number of nitrogens with zero attached hydrogens (tertiary/aromatic N) is 2. The van der Waals surface area contributed by atoms with Crippen LogP contribution in [0.25, 0.3) is 0 Å². The molecule has 0 saturated carbocycles. The van der Waals surface area contributed by atoms with E-state index in [1.54, 1.807) is 0 Å². The van der Waals surface area contributed by atoms with E-state index in [0.29, 0.717) is 18.7 Å². The van der Waals surface area contributed by atoms with Gasteiger partial charge in [-0.3, -0.25) is 4.79 Å². The zero-order chi connectivity index (χ0) is 14.0. The van der Waals surface area contributed by atoms with Crippen LogP contribution in [0.4, 0.5) is 13.2 Å². The van der Waals surface area contributed by atoms with Gasteiger partial charge < -0.3 is 10.2 Å². The molecule has 1 unspecified atom stereocenters. The maximum atomic E-state index is 13.1. The smallest absolute Gasteiger partial charge is 0.255 e. The van der Waals surface area contributed by atoms with E-state index in [1.165, 1.54) is 4.90 Å². The zero-order valence-electron chi connectivity index (χ0n) is 9.79. The van der Waals surface area contributed by atoms with Crippen molar-refractivity contribution in [2.75, 3.05) is 19.6 Å². The van der Waals surface area contributed by atoms with Crippen molar-refractivity contribution in [3.63, 3.8) is 0 Å². The number of nitrogens with one attached hydrogen (secondary N) is 1. The van der Waals surface area contributed by atoms with Gasteiger partial charge in [0.1, 0.15) is 6.04 Å². The van der Waals surface area contributed by atoms with Gasteiger partial charge in [0.15, 0.2) is 17.5 Å². The van der Waals surface area contributed by atoms with E-state index in [1.807, 2.05) is 6.07 Å². The Balaban J connectivity index is 2.31. The Labute approximate surface area is 107 Å². The fraction of sp³-hybridized carbons (Fsp3) is 0.333. The predicted octanol–water partition coefficient (Wildman–Crippen LogP) is 1.04. The Hall–Kier alpha value is -2.07. The molecular weight excluding hydrogens is 259 g/mol. The first-order chi connectivity index (χ1) is 9.04. The standard InChI is InChI=1S/C12H10F3N3O/c13-9-3-7(4-10(14)11(9)15)12(19)18-2-1-17-6-8(18)5-16/h3-4,8,17H,1-2,6H2. The average Bonchev–Trinajstić information content (AvgIpc) is 2.43. The van der Waals surface area contributed by atoms with E-state index in [9.17, 15) is 18.0 Å². The van der Waals surface area contributed by atoms with Crippen molar-refractivity contribution >= 4 is 5.91 Å². The summed E-state index contributed by atoms with van der Waals surface area (Å²) in [5.74, 6) is -5.15. The fourth-order valence-corrected chi connectivity index (χ4v) is 1.91. The first-order valence-electron chi connectivity index (χ1n) is 5.60. The number of hydrogen-bond donors (Lipinski definition) is 1. The van der Waals surface area contributed by atoms with Crippen molar-refractivity contribution in [1.82, 2.24) is 10.2 Å². The lowest BCUT2D eigenvalue weighted by molar-refractivity contribution is 0.0686. The summed E-state index contributed by atoms with van der Waals surface area (Å²) < 4.78 is 39.0. The first kappa shape index (κ1) is 13.4. The monoisotopic (exact) mass is 269 g/mol. The Morgan fingerprint density at radius 2 is 2.00 bits per heavy atom. The van der Waals surface area contributed by atoms with Crippen molar-refractivity contribution in [1.29, 1.82) is 5.26 Å². The Bertz CT molecular complexity index is 533. The zero-order valence-corrected chi connectivity index (χ0v) is 9.79. The Kier molecular flexibility index (Phi) is 3.71. The largest absolute Gasteiger partial charge is 0.320 e. The van der Waals surface area contributed by atoms with Crippen LogP contribution in [0.2, 0.25) is 0 Å². The van der Waals surface area contributed by atoms with Gasteiger partial charge in [0.25, 0.3) is 5.91 Å². The summed E-state index contributed by atoms with van der Waals surface area (Å²) >= 11 is 0. The molecule has 1 amide bonds. The Morgan fingerprint density at radius 1 is 1.37 bits per heavy atom. The topological polar surface area (TPSA) is 56.1 Å². The molecule has 1 fully saturated rings. The Morgan fingerprint density at radius 3 is 2.58 bits per heavy atom. The van der Waals surface area contributed by atoms with Crippen molar-refractivity contribution in [3.05, 3.63) is 35.1 Å². The highest BCUT2D eigenvalue weighted by Gasteiger charge is 2.28. The van der Waals surface area contributed by atoms with Gasteiger partial charge in [-0.25, -0.2) is 13.2 Å². The van der Waals surface area contributed by atoms with Gasteiger partial charge in [0, 0.05) is 25.2 Å². The number of carbonyl (C=O) groups is 1.